The molecule has 1 saturated heterocycles. The standard InChI is InChI=1S/C21H24N2O/c24-21(23-12-10-16-5-1-2-6-20(16)15-23)18-8-3-7-17(13-18)19-9-4-11-22-14-19/h1-3,5-8,13,19,22H,4,9-12,14-15H2/t19-/m0/s1. The maximum Gasteiger partial charge on any atom is 0.254 e. The van der Waals surface area contributed by atoms with Crippen molar-refractivity contribution < 1.29 is 4.79 Å². The minimum absolute atomic E-state index is 0.162. The number of amides is 1. The largest absolute Gasteiger partial charge is 0.334 e. The monoisotopic (exact) mass is 320 g/mol. The summed E-state index contributed by atoms with van der Waals surface area (Å²) in [6.45, 7) is 3.67. The molecule has 2 heterocycles. The average Bonchev–Trinajstić information content (AvgIpc) is 2.68. The molecule has 2 aromatic rings. The van der Waals surface area contributed by atoms with E-state index in [2.05, 4.69) is 41.7 Å². The van der Waals surface area contributed by atoms with Crippen molar-refractivity contribution in [2.45, 2.75) is 31.7 Å². The van der Waals surface area contributed by atoms with Gasteiger partial charge in [-0.2, -0.15) is 0 Å². The van der Waals surface area contributed by atoms with Gasteiger partial charge in [0, 0.05) is 25.2 Å². The van der Waals surface area contributed by atoms with E-state index in [4.69, 9.17) is 0 Å². The first-order valence-electron chi connectivity index (χ1n) is 8.98. The van der Waals surface area contributed by atoms with Gasteiger partial charge in [-0.25, -0.2) is 0 Å². The summed E-state index contributed by atoms with van der Waals surface area (Å²) in [7, 11) is 0. The first-order valence-corrected chi connectivity index (χ1v) is 8.98. The van der Waals surface area contributed by atoms with Crippen LogP contribution in [0.2, 0.25) is 0 Å². The van der Waals surface area contributed by atoms with Crippen LogP contribution in [0.3, 0.4) is 0 Å². The SMILES string of the molecule is O=C(c1cccc([C@H]2CCCNC2)c1)N1CCc2ccccc2C1. The highest BCUT2D eigenvalue weighted by molar-refractivity contribution is 5.94. The lowest BCUT2D eigenvalue weighted by atomic mass is 9.90. The zero-order chi connectivity index (χ0) is 16.4. The zero-order valence-corrected chi connectivity index (χ0v) is 14.0. The maximum absolute atomic E-state index is 13.0. The summed E-state index contributed by atoms with van der Waals surface area (Å²) in [5, 5.41) is 3.46. The molecule has 24 heavy (non-hydrogen) atoms. The third-order valence-corrected chi connectivity index (χ3v) is 5.32. The van der Waals surface area contributed by atoms with E-state index in [1.165, 1.54) is 29.5 Å². The van der Waals surface area contributed by atoms with E-state index in [0.717, 1.165) is 38.2 Å². The second-order valence-corrected chi connectivity index (χ2v) is 6.91. The maximum atomic E-state index is 13.0. The number of nitrogens with zero attached hydrogens (tertiary/aromatic N) is 1. The predicted molar refractivity (Wildman–Crippen MR) is 96.2 cm³/mol. The van der Waals surface area contributed by atoms with E-state index >= 15 is 0 Å². The van der Waals surface area contributed by atoms with Crippen LogP contribution in [0, 0.1) is 0 Å². The molecule has 0 aromatic heterocycles. The Balaban J connectivity index is 1.52. The van der Waals surface area contributed by atoms with E-state index in [9.17, 15) is 4.79 Å². The predicted octanol–water partition coefficient (Wildman–Crippen LogP) is 3.35. The van der Waals surface area contributed by atoms with Crippen molar-refractivity contribution in [3.8, 4) is 0 Å². The fourth-order valence-corrected chi connectivity index (χ4v) is 3.91. The second-order valence-electron chi connectivity index (χ2n) is 6.91. The summed E-state index contributed by atoms with van der Waals surface area (Å²) in [5.41, 5.74) is 4.79. The van der Waals surface area contributed by atoms with Crippen molar-refractivity contribution in [1.29, 1.82) is 0 Å². The summed E-state index contributed by atoms with van der Waals surface area (Å²) in [5.74, 6) is 0.698. The Morgan fingerprint density at radius 1 is 1.08 bits per heavy atom. The molecule has 1 N–H and O–H groups in total. The Labute approximate surface area is 143 Å². The molecule has 0 radical (unpaired) electrons. The van der Waals surface area contributed by atoms with Crippen LogP contribution in [0.4, 0.5) is 0 Å². The van der Waals surface area contributed by atoms with Crippen LogP contribution in [-0.2, 0) is 13.0 Å². The molecule has 2 aliphatic heterocycles. The molecular formula is C21H24N2O. The van der Waals surface area contributed by atoms with Gasteiger partial charge in [0.05, 0.1) is 0 Å². The van der Waals surface area contributed by atoms with Crippen molar-refractivity contribution in [3.05, 3.63) is 70.8 Å². The van der Waals surface area contributed by atoms with E-state index < -0.39 is 0 Å². The van der Waals surface area contributed by atoms with Crippen LogP contribution in [-0.4, -0.2) is 30.4 Å². The second kappa shape index (κ2) is 6.78. The number of nitrogens with one attached hydrogen (secondary N) is 1. The van der Waals surface area contributed by atoms with Gasteiger partial charge in [0.1, 0.15) is 0 Å². The summed E-state index contributed by atoms with van der Waals surface area (Å²) in [6.07, 6.45) is 3.38. The van der Waals surface area contributed by atoms with Crippen LogP contribution in [0.25, 0.3) is 0 Å². The van der Waals surface area contributed by atoms with Gasteiger partial charge in [0.15, 0.2) is 0 Å². The fourth-order valence-electron chi connectivity index (χ4n) is 3.91. The van der Waals surface area contributed by atoms with E-state index in [0.29, 0.717) is 5.92 Å². The molecule has 0 saturated carbocycles. The molecule has 1 fully saturated rings. The lowest BCUT2D eigenvalue weighted by Gasteiger charge is -2.29. The topological polar surface area (TPSA) is 32.3 Å². The number of piperidine rings is 1. The molecule has 1 amide bonds. The number of fused-ring (bicyclic) bond motifs is 1. The van der Waals surface area contributed by atoms with E-state index in [1.807, 2.05) is 17.0 Å². The summed E-state index contributed by atoms with van der Waals surface area (Å²) < 4.78 is 0. The Morgan fingerprint density at radius 3 is 2.79 bits per heavy atom. The number of carbonyl (C=O) groups is 1. The summed E-state index contributed by atoms with van der Waals surface area (Å²) >= 11 is 0. The van der Waals surface area contributed by atoms with Gasteiger partial charge in [-0.1, -0.05) is 36.4 Å². The normalized spacial score (nSPS) is 20.5. The van der Waals surface area contributed by atoms with Gasteiger partial charge in [0.2, 0.25) is 0 Å². The quantitative estimate of drug-likeness (QED) is 0.920. The first kappa shape index (κ1) is 15.4. The smallest absolute Gasteiger partial charge is 0.254 e. The van der Waals surface area contributed by atoms with Crippen LogP contribution in [0.1, 0.15) is 45.8 Å². The number of carbonyl (C=O) groups excluding carboxylic acids is 1. The van der Waals surface area contributed by atoms with Crippen molar-refractivity contribution in [2.24, 2.45) is 0 Å². The number of hydrogen-bond donors (Lipinski definition) is 1. The highest BCUT2D eigenvalue weighted by Crippen LogP contribution is 2.25. The molecule has 0 spiro atoms. The number of rotatable bonds is 2. The van der Waals surface area contributed by atoms with Crippen molar-refractivity contribution in [1.82, 2.24) is 10.2 Å². The molecule has 0 bridgehead atoms. The van der Waals surface area contributed by atoms with Crippen molar-refractivity contribution >= 4 is 5.91 Å². The lowest BCUT2D eigenvalue weighted by Crippen LogP contribution is -2.36. The van der Waals surface area contributed by atoms with Gasteiger partial charge < -0.3 is 10.2 Å². The molecule has 124 valence electrons. The molecule has 3 nitrogen and oxygen atoms in total. The molecule has 2 aliphatic rings. The summed E-state index contributed by atoms with van der Waals surface area (Å²) in [4.78, 5) is 14.9. The van der Waals surface area contributed by atoms with Crippen LogP contribution < -0.4 is 5.32 Å². The van der Waals surface area contributed by atoms with Gasteiger partial charge in [0.25, 0.3) is 5.91 Å². The third-order valence-electron chi connectivity index (χ3n) is 5.32. The highest BCUT2D eigenvalue weighted by atomic mass is 16.2. The molecular weight excluding hydrogens is 296 g/mol. The summed E-state index contributed by atoms with van der Waals surface area (Å²) in [6, 6.07) is 16.7. The molecule has 4 rings (SSSR count). The minimum atomic E-state index is 0.162. The highest BCUT2D eigenvalue weighted by Gasteiger charge is 2.22. The van der Waals surface area contributed by atoms with Crippen LogP contribution in [0.15, 0.2) is 48.5 Å². The minimum Gasteiger partial charge on any atom is -0.334 e. The van der Waals surface area contributed by atoms with E-state index in [-0.39, 0.29) is 5.91 Å². The average molecular weight is 320 g/mol. The Hall–Kier alpha value is -2.13. The first-order chi connectivity index (χ1) is 11.8. The molecule has 3 heteroatoms. The van der Waals surface area contributed by atoms with Gasteiger partial charge in [-0.3, -0.25) is 4.79 Å². The molecule has 2 aromatic carbocycles. The van der Waals surface area contributed by atoms with Gasteiger partial charge >= 0.3 is 0 Å². The Kier molecular flexibility index (Phi) is 4.35. The number of hydrogen-bond acceptors (Lipinski definition) is 2. The Morgan fingerprint density at radius 2 is 1.96 bits per heavy atom. The van der Waals surface area contributed by atoms with Gasteiger partial charge in [-0.15, -0.1) is 0 Å². The molecule has 1 atom stereocenters. The molecule has 0 unspecified atom stereocenters. The van der Waals surface area contributed by atoms with Crippen molar-refractivity contribution in [3.63, 3.8) is 0 Å². The fraction of sp³-hybridized carbons (Fsp3) is 0.381. The number of benzene rings is 2. The van der Waals surface area contributed by atoms with Crippen molar-refractivity contribution in [2.75, 3.05) is 19.6 Å². The van der Waals surface area contributed by atoms with Crippen LogP contribution >= 0.6 is 0 Å². The Bertz CT molecular complexity index is 734. The third kappa shape index (κ3) is 3.09. The van der Waals surface area contributed by atoms with Gasteiger partial charge in [-0.05, 0) is 60.5 Å². The zero-order valence-electron chi connectivity index (χ0n) is 14.0. The van der Waals surface area contributed by atoms with Crippen LogP contribution in [0.5, 0.6) is 0 Å². The lowest BCUT2D eigenvalue weighted by molar-refractivity contribution is 0.0734. The molecule has 0 aliphatic carbocycles. The van der Waals surface area contributed by atoms with E-state index in [1.54, 1.807) is 0 Å².